The summed E-state index contributed by atoms with van der Waals surface area (Å²) in [5, 5.41) is 9.36. The first kappa shape index (κ1) is 12.9. The zero-order chi connectivity index (χ0) is 12.1. The van der Waals surface area contributed by atoms with E-state index in [1.165, 1.54) is 57.8 Å². The average Bonchev–Trinajstić information content (AvgIpc) is 2.64. The van der Waals surface area contributed by atoms with Gasteiger partial charge in [-0.1, -0.05) is 38.5 Å². The van der Waals surface area contributed by atoms with E-state index < -0.39 is 0 Å². The molecule has 0 amide bonds. The second-order valence-electron chi connectivity index (χ2n) is 5.90. The molecule has 2 unspecified atom stereocenters. The van der Waals surface area contributed by atoms with E-state index in [-0.39, 0.29) is 5.92 Å². The Kier molecular flexibility index (Phi) is 4.86. The first-order valence-electron chi connectivity index (χ1n) is 7.44. The van der Waals surface area contributed by atoms with Gasteiger partial charge in [-0.3, -0.25) is 4.90 Å². The molecule has 2 aliphatic rings. The van der Waals surface area contributed by atoms with Crippen molar-refractivity contribution >= 4 is 0 Å². The van der Waals surface area contributed by atoms with Gasteiger partial charge in [-0.25, -0.2) is 0 Å². The van der Waals surface area contributed by atoms with Crippen LogP contribution in [0.3, 0.4) is 0 Å². The Labute approximate surface area is 106 Å². The fourth-order valence-electron chi connectivity index (χ4n) is 3.69. The quantitative estimate of drug-likeness (QED) is 0.681. The predicted octanol–water partition coefficient (Wildman–Crippen LogP) is 3.72. The topological polar surface area (TPSA) is 27.0 Å². The molecular formula is C15H26N2. The number of nitriles is 1. The molecule has 2 saturated carbocycles. The molecule has 2 atom stereocenters. The molecule has 0 aromatic carbocycles. The van der Waals surface area contributed by atoms with Gasteiger partial charge >= 0.3 is 0 Å². The Morgan fingerprint density at radius 3 is 2.12 bits per heavy atom. The number of hydrogen-bond donors (Lipinski definition) is 0. The predicted molar refractivity (Wildman–Crippen MR) is 70.6 cm³/mol. The summed E-state index contributed by atoms with van der Waals surface area (Å²) in [5.74, 6) is 0.282. The molecule has 96 valence electrons. The van der Waals surface area contributed by atoms with E-state index in [0.29, 0.717) is 6.04 Å². The molecule has 2 aliphatic carbocycles. The minimum Gasteiger partial charge on any atom is -0.299 e. The Morgan fingerprint density at radius 1 is 0.882 bits per heavy atom. The lowest BCUT2D eigenvalue weighted by Crippen LogP contribution is -2.44. The molecule has 0 aromatic rings. The van der Waals surface area contributed by atoms with Crippen LogP contribution in [0.25, 0.3) is 0 Å². The van der Waals surface area contributed by atoms with Crippen LogP contribution in [0.1, 0.15) is 64.2 Å². The van der Waals surface area contributed by atoms with Gasteiger partial charge in [0, 0.05) is 12.1 Å². The minimum atomic E-state index is 0.282. The first-order chi connectivity index (χ1) is 8.33. The van der Waals surface area contributed by atoms with Crippen LogP contribution in [0.15, 0.2) is 0 Å². The number of rotatable bonds is 2. The Hall–Kier alpha value is -0.550. The molecule has 0 N–H and O–H groups in total. The van der Waals surface area contributed by atoms with E-state index in [9.17, 15) is 5.26 Å². The minimum absolute atomic E-state index is 0.282. The highest BCUT2D eigenvalue weighted by atomic mass is 15.2. The van der Waals surface area contributed by atoms with E-state index in [0.717, 1.165) is 12.5 Å². The van der Waals surface area contributed by atoms with E-state index in [1.807, 2.05) is 0 Å². The van der Waals surface area contributed by atoms with E-state index >= 15 is 0 Å². The maximum absolute atomic E-state index is 9.36. The van der Waals surface area contributed by atoms with Crippen LogP contribution in [0.4, 0.5) is 0 Å². The van der Waals surface area contributed by atoms with Crippen molar-refractivity contribution < 1.29 is 0 Å². The summed E-state index contributed by atoms with van der Waals surface area (Å²) < 4.78 is 0. The molecule has 0 heterocycles. The fraction of sp³-hybridized carbons (Fsp3) is 0.933. The standard InChI is InChI=1S/C15H26N2/c1-17(14-9-5-3-6-10-14)15-11-7-2-4-8-13(15)12-16/h13-15H,2-11H2,1H3. The van der Waals surface area contributed by atoms with E-state index in [1.54, 1.807) is 0 Å². The van der Waals surface area contributed by atoms with Crippen LogP contribution in [0, 0.1) is 17.2 Å². The highest BCUT2D eigenvalue weighted by molar-refractivity contribution is 4.95. The molecule has 0 saturated heterocycles. The van der Waals surface area contributed by atoms with Crippen molar-refractivity contribution in [3.05, 3.63) is 0 Å². The molecule has 0 aromatic heterocycles. The van der Waals surface area contributed by atoms with Crippen LogP contribution < -0.4 is 0 Å². The van der Waals surface area contributed by atoms with Gasteiger partial charge in [-0.15, -0.1) is 0 Å². The van der Waals surface area contributed by atoms with Crippen LogP contribution in [-0.4, -0.2) is 24.0 Å². The Morgan fingerprint density at radius 2 is 1.47 bits per heavy atom. The fourth-order valence-corrected chi connectivity index (χ4v) is 3.69. The summed E-state index contributed by atoms with van der Waals surface area (Å²) in [6.45, 7) is 0. The summed E-state index contributed by atoms with van der Waals surface area (Å²) in [6, 6.07) is 3.86. The van der Waals surface area contributed by atoms with Crippen molar-refractivity contribution in [2.45, 2.75) is 76.3 Å². The second-order valence-corrected chi connectivity index (χ2v) is 5.90. The summed E-state index contributed by atoms with van der Waals surface area (Å²) in [5.41, 5.74) is 0. The zero-order valence-corrected chi connectivity index (χ0v) is 11.2. The molecule has 2 heteroatoms. The van der Waals surface area contributed by atoms with Crippen molar-refractivity contribution in [1.29, 1.82) is 5.26 Å². The molecular weight excluding hydrogens is 208 g/mol. The maximum atomic E-state index is 9.36. The molecule has 0 spiro atoms. The molecule has 17 heavy (non-hydrogen) atoms. The average molecular weight is 234 g/mol. The number of nitrogens with zero attached hydrogens (tertiary/aromatic N) is 2. The lowest BCUT2D eigenvalue weighted by molar-refractivity contribution is 0.108. The monoisotopic (exact) mass is 234 g/mol. The van der Waals surface area contributed by atoms with E-state index in [2.05, 4.69) is 18.0 Å². The molecule has 0 bridgehead atoms. The van der Waals surface area contributed by atoms with Crippen LogP contribution >= 0.6 is 0 Å². The summed E-state index contributed by atoms with van der Waals surface area (Å²) in [6.07, 6.45) is 13.2. The van der Waals surface area contributed by atoms with Crippen LogP contribution in [0.2, 0.25) is 0 Å². The number of hydrogen-bond acceptors (Lipinski definition) is 2. The van der Waals surface area contributed by atoms with Gasteiger partial charge in [0.15, 0.2) is 0 Å². The molecule has 0 radical (unpaired) electrons. The summed E-state index contributed by atoms with van der Waals surface area (Å²) in [7, 11) is 2.27. The summed E-state index contributed by atoms with van der Waals surface area (Å²) in [4.78, 5) is 2.57. The zero-order valence-electron chi connectivity index (χ0n) is 11.2. The van der Waals surface area contributed by atoms with Gasteiger partial charge in [0.25, 0.3) is 0 Å². The van der Waals surface area contributed by atoms with Crippen molar-refractivity contribution in [3.8, 4) is 6.07 Å². The van der Waals surface area contributed by atoms with Gasteiger partial charge < -0.3 is 0 Å². The lowest BCUT2D eigenvalue weighted by atomic mass is 9.89. The first-order valence-corrected chi connectivity index (χ1v) is 7.44. The SMILES string of the molecule is CN(C1CCCCC1)C1CCCCCC1C#N. The van der Waals surface area contributed by atoms with Gasteiger partial charge in [-0.05, 0) is 32.7 Å². The van der Waals surface area contributed by atoms with Gasteiger partial charge in [0.05, 0.1) is 12.0 Å². The van der Waals surface area contributed by atoms with Crippen molar-refractivity contribution in [1.82, 2.24) is 4.90 Å². The van der Waals surface area contributed by atoms with Crippen molar-refractivity contribution in [2.75, 3.05) is 7.05 Å². The van der Waals surface area contributed by atoms with Crippen molar-refractivity contribution in [2.24, 2.45) is 5.92 Å². The maximum Gasteiger partial charge on any atom is 0.0672 e. The molecule has 0 aliphatic heterocycles. The third kappa shape index (κ3) is 3.22. The van der Waals surface area contributed by atoms with Gasteiger partial charge in [0.2, 0.25) is 0 Å². The summed E-state index contributed by atoms with van der Waals surface area (Å²) >= 11 is 0. The third-order valence-electron chi connectivity index (χ3n) is 4.82. The van der Waals surface area contributed by atoms with Gasteiger partial charge in [-0.2, -0.15) is 5.26 Å². The van der Waals surface area contributed by atoms with Crippen molar-refractivity contribution in [3.63, 3.8) is 0 Å². The Balaban J connectivity index is 1.99. The highest BCUT2D eigenvalue weighted by Gasteiger charge is 2.31. The normalized spacial score (nSPS) is 32.1. The third-order valence-corrected chi connectivity index (χ3v) is 4.82. The molecule has 2 nitrogen and oxygen atoms in total. The second kappa shape index (κ2) is 6.40. The molecule has 2 fully saturated rings. The smallest absolute Gasteiger partial charge is 0.0672 e. The lowest BCUT2D eigenvalue weighted by Gasteiger charge is -2.38. The van der Waals surface area contributed by atoms with Crippen LogP contribution in [-0.2, 0) is 0 Å². The highest BCUT2D eigenvalue weighted by Crippen LogP contribution is 2.31. The largest absolute Gasteiger partial charge is 0.299 e. The molecule has 2 rings (SSSR count). The Bertz CT molecular complexity index is 263. The van der Waals surface area contributed by atoms with Gasteiger partial charge in [0.1, 0.15) is 0 Å². The van der Waals surface area contributed by atoms with E-state index in [4.69, 9.17) is 0 Å². The van der Waals surface area contributed by atoms with Crippen LogP contribution in [0.5, 0.6) is 0 Å².